The Morgan fingerprint density at radius 3 is 2.65 bits per heavy atom. The van der Waals surface area contributed by atoms with E-state index in [1.165, 1.54) is 6.07 Å². The molecule has 124 valence electrons. The van der Waals surface area contributed by atoms with Crippen LogP contribution in [0.15, 0.2) is 47.4 Å². The predicted octanol–water partition coefficient (Wildman–Crippen LogP) is 4.95. The van der Waals surface area contributed by atoms with E-state index < -0.39 is 11.6 Å². The largest absolute Gasteiger partial charge is 0.501 e. The standard InChI is InChI=1S/C19H23F2NO/c1-4-7-18(22-5-2)14-10-13(11-15(12-14)23-3)16-8-6-9-17(20)19(16)21/h6,8-11,22H,4-5,7,12H2,1-3H3/b18-14+. The maximum atomic E-state index is 14.1. The van der Waals surface area contributed by atoms with Crippen LogP contribution in [0.1, 0.15) is 38.7 Å². The number of hydrogen-bond acceptors (Lipinski definition) is 2. The lowest BCUT2D eigenvalue weighted by molar-refractivity contribution is 0.283. The first kappa shape index (κ1) is 17.3. The van der Waals surface area contributed by atoms with Gasteiger partial charge in [0.05, 0.1) is 7.11 Å². The molecule has 0 radical (unpaired) electrons. The summed E-state index contributed by atoms with van der Waals surface area (Å²) < 4.78 is 33.0. The zero-order chi connectivity index (χ0) is 16.8. The van der Waals surface area contributed by atoms with Crippen molar-refractivity contribution in [3.63, 3.8) is 0 Å². The quantitative estimate of drug-likeness (QED) is 0.801. The van der Waals surface area contributed by atoms with Gasteiger partial charge >= 0.3 is 0 Å². The normalized spacial score (nSPS) is 16.6. The number of rotatable bonds is 6. The van der Waals surface area contributed by atoms with E-state index in [-0.39, 0.29) is 5.56 Å². The SMILES string of the molecule is CCC/C(NCC)=C1/C=C(c2cccc(F)c2F)C=C(OC)C1. The molecular formula is C19H23F2NO. The van der Waals surface area contributed by atoms with Gasteiger partial charge in [0.25, 0.3) is 0 Å². The lowest BCUT2D eigenvalue weighted by Crippen LogP contribution is -2.15. The Labute approximate surface area is 136 Å². The zero-order valence-corrected chi connectivity index (χ0v) is 13.9. The van der Waals surface area contributed by atoms with Crippen LogP contribution in [-0.4, -0.2) is 13.7 Å². The summed E-state index contributed by atoms with van der Waals surface area (Å²) in [6, 6.07) is 4.23. The molecule has 1 aliphatic rings. The molecule has 0 saturated carbocycles. The molecule has 0 spiro atoms. The molecule has 0 fully saturated rings. The fraction of sp³-hybridized carbons (Fsp3) is 0.368. The van der Waals surface area contributed by atoms with Gasteiger partial charge in [-0.3, -0.25) is 0 Å². The summed E-state index contributed by atoms with van der Waals surface area (Å²) in [5, 5.41) is 3.38. The Morgan fingerprint density at radius 2 is 2.00 bits per heavy atom. The van der Waals surface area contributed by atoms with E-state index in [0.717, 1.165) is 42.5 Å². The van der Waals surface area contributed by atoms with E-state index in [0.29, 0.717) is 12.0 Å². The number of nitrogens with one attached hydrogen (secondary N) is 1. The molecule has 0 atom stereocenters. The van der Waals surface area contributed by atoms with E-state index in [2.05, 4.69) is 12.2 Å². The van der Waals surface area contributed by atoms with Gasteiger partial charge in [-0.2, -0.15) is 0 Å². The van der Waals surface area contributed by atoms with Crippen molar-refractivity contribution in [1.82, 2.24) is 5.32 Å². The highest BCUT2D eigenvalue weighted by Crippen LogP contribution is 2.32. The van der Waals surface area contributed by atoms with Crippen LogP contribution in [0.3, 0.4) is 0 Å². The molecule has 4 heteroatoms. The summed E-state index contributed by atoms with van der Waals surface area (Å²) in [6.07, 6.45) is 6.27. The monoisotopic (exact) mass is 319 g/mol. The van der Waals surface area contributed by atoms with E-state index in [9.17, 15) is 8.78 Å². The van der Waals surface area contributed by atoms with Gasteiger partial charge in [0.1, 0.15) is 5.76 Å². The van der Waals surface area contributed by atoms with Crippen LogP contribution in [0, 0.1) is 11.6 Å². The van der Waals surface area contributed by atoms with E-state index in [1.54, 1.807) is 19.3 Å². The minimum absolute atomic E-state index is 0.254. The molecule has 23 heavy (non-hydrogen) atoms. The van der Waals surface area contributed by atoms with Crippen molar-refractivity contribution in [3.05, 3.63) is 64.6 Å². The average molecular weight is 319 g/mol. The Morgan fingerprint density at radius 1 is 1.22 bits per heavy atom. The van der Waals surface area contributed by atoms with Crippen LogP contribution in [-0.2, 0) is 4.74 Å². The van der Waals surface area contributed by atoms with E-state index in [4.69, 9.17) is 4.74 Å². The molecule has 0 unspecified atom stereocenters. The molecule has 0 amide bonds. The van der Waals surface area contributed by atoms with Gasteiger partial charge in [0.2, 0.25) is 0 Å². The number of ether oxygens (including phenoxy) is 1. The highest BCUT2D eigenvalue weighted by molar-refractivity contribution is 5.78. The third-order valence-corrected chi connectivity index (χ3v) is 3.81. The topological polar surface area (TPSA) is 21.3 Å². The van der Waals surface area contributed by atoms with Crippen molar-refractivity contribution in [2.24, 2.45) is 0 Å². The lowest BCUT2D eigenvalue weighted by Gasteiger charge is -2.20. The van der Waals surface area contributed by atoms with Crippen molar-refractivity contribution < 1.29 is 13.5 Å². The Bertz CT molecular complexity index is 651. The summed E-state index contributed by atoms with van der Waals surface area (Å²) in [6.45, 7) is 4.98. The van der Waals surface area contributed by atoms with Crippen molar-refractivity contribution >= 4 is 5.57 Å². The van der Waals surface area contributed by atoms with Crippen LogP contribution >= 0.6 is 0 Å². The highest BCUT2D eigenvalue weighted by atomic mass is 19.2. The summed E-state index contributed by atoms with van der Waals surface area (Å²) in [5.41, 5.74) is 3.08. The number of benzene rings is 1. The average Bonchev–Trinajstić information content (AvgIpc) is 2.56. The molecular weight excluding hydrogens is 296 g/mol. The molecule has 0 heterocycles. The molecule has 2 nitrogen and oxygen atoms in total. The minimum Gasteiger partial charge on any atom is -0.501 e. The molecule has 1 N–H and O–H groups in total. The molecule has 0 bridgehead atoms. The maximum absolute atomic E-state index is 14.1. The molecule has 0 saturated heterocycles. The third kappa shape index (κ3) is 4.01. The van der Waals surface area contributed by atoms with Gasteiger partial charge in [0.15, 0.2) is 11.6 Å². The molecule has 1 aromatic rings. The second-order valence-corrected chi connectivity index (χ2v) is 5.48. The Kier molecular flexibility index (Phi) is 5.97. The van der Waals surface area contributed by atoms with Crippen molar-refractivity contribution in [1.29, 1.82) is 0 Å². The summed E-state index contributed by atoms with van der Waals surface area (Å²) in [5.74, 6) is -0.924. The first-order chi connectivity index (χ1) is 11.1. The number of methoxy groups -OCH3 is 1. The first-order valence-corrected chi connectivity index (χ1v) is 7.97. The second-order valence-electron chi connectivity index (χ2n) is 5.48. The van der Waals surface area contributed by atoms with Gasteiger partial charge < -0.3 is 10.1 Å². The van der Waals surface area contributed by atoms with Crippen molar-refractivity contribution in [3.8, 4) is 0 Å². The third-order valence-electron chi connectivity index (χ3n) is 3.81. The van der Waals surface area contributed by atoms with Gasteiger partial charge in [-0.05, 0) is 42.7 Å². The molecule has 2 rings (SSSR count). The fourth-order valence-corrected chi connectivity index (χ4v) is 2.73. The minimum atomic E-state index is -0.840. The van der Waals surface area contributed by atoms with Crippen LogP contribution in [0.25, 0.3) is 5.57 Å². The Balaban J connectivity index is 2.53. The predicted molar refractivity (Wildman–Crippen MR) is 89.7 cm³/mol. The number of allylic oxidation sites excluding steroid dienone is 5. The summed E-state index contributed by atoms with van der Waals surface area (Å²) in [4.78, 5) is 0. The summed E-state index contributed by atoms with van der Waals surface area (Å²) >= 11 is 0. The number of halogens is 2. The lowest BCUT2D eigenvalue weighted by atomic mass is 9.92. The highest BCUT2D eigenvalue weighted by Gasteiger charge is 2.18. The number of hydrogen-bond donors (Lipinski definition) is 1. The molecule has 0 aliphatic heterocycles. The molecule has 1 aromatic carbocycles. The van der Waals surface area contributed by atoms with E-state index in [1.807, 2.05) is 13.0 Å². The van der Waals surface area contributed by atoms with Crippen molar-refractivity contribution in [2.75, 3.05) is 13.7 Å². The smallest absolute Gasteiger partial charge is 0.166 e. The van der Waals surface area contributed by atoms with Crippen LogP contribution in [0.2, 0.25) is 0 Å². The molecule has 1 aliphatic carbocycles. The van der Waals surface area contributed by atoms with Gasteiger partial charge in [-0.1, -0.05) is 25.5 Å². The molecule has 0 aromatic heterocycles. The van der Waals surface area contributed by atoms with Gasteiger partial charge in [-0.25, -0.2) is 8.78 Å². The van der Waals surface area contributed by atoms with Crippen LogP contribution in [0.5, 0.6) is 0 Å². The van der Waals surface area contributed by atoms with Crippen molar-refractivity contribution in [2.45, 2.75) is 33.1 Å². The van der Waals surface area contributed by atoms with E-state index >= 15 is 0 Å². The zero-order valence-electron chi connectivity index (χ0n) is 13.9. The fourth-order valence-electron chi connectivity index (χ4n) is 2.73. The summed E-state index contributed by atoms with van der Waals surface area (Å²) in [7, 11) is 1.60. The first-order valence-electron chi connectivity index (χ1n) is 7.97. The van der Waals surface area contributed by atoms with Crippen LogP contribution in [0.4, 0.5) is 8.78 Å². The second kappa shape index (κ2) is 7.95. The van der Waals surface area contributed by atoms with Gasteiger partial charge in [-0.15, -0.1) is 0 Å². The van der Waals surface area contributed by atoms with Gasteiger partial charge in [0, 0.05) is 24.2 Å². The van der Waals surface area contributed by atoms with Crippen LogP contribution < -0.4 is 5.32 Å². The maximum Gasteiger partial charge on any atom is 0.166 e. The Hall–Kier alpha value is -2.10.